The standard InChI is InChI=1S/C26H22BrN3O2S/c1-16-10-11-17(18(27)15-16)21-12-13-23(32-21)25-24(19-7-5-6-14-28-19)29-26(33)30(25)20-8-3-4-9-22(20)31-2/h3-15,24-25H,1-2H3,(H,29,33)/t24-,25+/m0/s1. The predicted molar refractivity (Wildman–Crippen MR) is 138 cm³/mol. The number of furan rings is 1. The summed E-state index contributed by atoms with van der Waals surface area (Å²) >= 11 is 9.47. The summed E-state index contributed by atoms with van der Waals surface area (Å²) in [6, 6.07) is 23.5. The molecule has 0 bridgehead atoms. The van der Waals surface area contributed by atoms with Crippen LogP contribution in [-0.2, 0) is 0 Å². The molecule has 0 spiro atoms. The van der Waals surface area contributed by atoms with Crippen LogP contribution in [0.2, 0.25) is 0 Å². The number of halogens is 1. The molecule has 33 heavy (non-hydrogen) atoms. The first-order chi connectivity index (χ1) is 16.1. The fourth-order valence-corrected chi connectivity index (χ4v) is 5.24. The highest BCUT2D eigenvalue weighted by Crippen LogP contribution is 2.45. The largest absolute Gasteiger partial charge is 0.495 e. The molecule has 0 amide bonds. The van der Waals surface area contributed by atoms with Crippen molar-refractivity contribution >= 4 is 38.9 Å². The molecule has 1 aliphatic rings. The molecule has 1 aliphatic heterocycles. The summed E-state index contributed by atoms with van der Waals surface area (Å²) in [4.78, 5) is 6.66. The second kappa shape index (κ2) is 9.00. The van der Waals surface area contributed by atoms with Crippen LogP contribution in [0.3, 0.4) is 0 Å². The number of pyridine rings is 1. The second-order valence-corrected chi connectivity index (χ2v) is 9.09. The van der Waals surface area contributed by atoms with Gasteiger partial charge in [0.2, 0.25) is 0 Å². The number of thiocarbonyl (C=S) groups is 1. The number of benzene rings is 2. The van der Waals surface area contributed by atoms with Gasteiger partial charge >= 0.3 is 0 Å². The maximum Gasteiger partial charge on any atom is 0.174 e. The van der Waals surface area contributed by atoms with Crippen LogP contribution >= 0.6 is 28.1 Å². The number of aromatic nitrogens is 1. The molecule has 2 aromatic heterocycles. The minimum absolute atomic E-state index is 0.191. The van der Waals surface area contributed by atoms with Crippen LogP contribution in [0.15, 0.2) is 87.9 Å². The third kappa shape index (κ3) is 4.03. The van der Waals surface area contributed by atoms with Gasteiger partial charge in [-0.25, -0.2) is 0 Å². The lowest BCUT2D eigenvalue weighted by atomic mass is 10.0. The van der Waals surface area contributed by atoms with Gasteiger partial charge in [-0.1, -0.05) is 40.2 Å². The molecule has 5 nitrogen and oxygen atoms in total. The summed E-state index contributed by atoms with van der Waals surface area (Å²) in [5.41, 5.74) is 3.94. The van der Waals surface area contributed by atoms with Crippen molar-refractivity contribution < 1.29 is 9.15 Å². The number of aryl methyl sites for hydroxylation is 1. The number of methoxy groups -OCH3 is 1. The first-order valence-corrected chi connectivity index (χ1v) is 11.8. The number of ether oxygens (including phenoxy) is 1. The van der Waals surface area contributed by atoms with E-state index in [9.17, 15) is 0 Å². The van der Waals surface area contributed by atoms with Crippen LogP contribution in [0.1, 0.15) is 29.1 Å². The highest BCUT2D eigenvalue weighted by Gasteiger charge is 2.43. The number of nitrogens with one attached hydrogen (secondary N) is 1. The second-order valence-electron chi connectivity index (χ2n) is 7.85. The molecule has 0 radical (unpaired) electrons. The molecule has 0 aliphatic carbocycles. The van der Waals surface area contributed by atoms with E-state index in [2.05, 4.69) is 56.3 Å². The Morgan fingerprint density at radius 3 is 2.64 bits per heavy atom. The lowest BCUT2D eigenvalue weighted by Gasteiger charge is -2.27. The van der Waals surface area contributed by atoms with Crippen LogP contribution < -0.4 is 15.0 Å². The summed E-state index contributed by atoms with van der Waals surface area (Å²) in [6.45, 7) is 2.07. The zero-order chi connectivity index (χ0) is 22.9. The van der Waals surface area contributed by atoms with Gasteiger partial charge in [-0.3, -0.25) is 4.98 Å². The number of hydrogen-bond acceptors (Lipinski definition) is 4. The van der Waals surface area contributed by atoms with E-state index in [0.29, 0.717) is 5.11 Å². The van der Waals surface area contributed by atoms with Crippen molar-refractivity contribution in [3.63, 3.8) is 0 Å². The zero-order valence-electron chi connectivity index (χ0n) is 18.2. The molecule has 166 valence electrons. The SMILES string of the molecule is COc1ccccc1N1C(=S)N[C@@H](c2ccccn2)[C@H]1c1ccc(-c2ccc(C)cc2Br)o1. The van der Waals surface area contributed by atoms with Gasteiger partial charge in [-0.15, -0.1) is 0 Å². The van der Waals surface area contributed by atoms with Crippen molar-refractivity contribution in [3.8, 4) is 17.1 Å². The van der Waals surface area contributed by atoms with Crippen LogP contribution in [0.25, 0.3) is 11.3 Å². The lowest BCUT2D eigenvalue weighted by Crippen LogP contribution is -2.29. The summed E-state index contributed by atoms with van der Waals surface area (Å²) in [7, 11) is 1.66. The van der Waals surface area contributed by atoms with Crippen molar-refractivity contribution in [1.29, 1.82) is 0 Å². The molecule has 5 rings (SSSR count). The van der Waals surface area contributed by atoms with Crippen molar-refractivity contribution in [1.82, 2.24) is 10.3 Å². The van der Waals surface area contributed by atoms with Crippen molar-refractivity contribution in [3.05, 3.63) is 100 Å². The van der Waals surface area contributed by atoms with Gasteiger partial charge in [-0.05, 0) is 73.2 Å². The average Bonchev–Trinajstić information content (AvgIpc) is 3.44. The van der Waals surface area contributed by atoms with Crippen LogP contribution in [0, 0.1) is 6.92 Å². The fraction of sp³-hybridized carbons (Fsp3) is 0.154. The molecule has 4 aromatic rings. The van der Waals surface area contributed by atoms with E-state index in [0.717, 1.165) is 38.7 Å². The van der Waals surface area contributed by atoms with Crippen LogP contribution in [0.4, 0.5) is 5.69 Å². The smallest absolute Gasteiger partial charge is 0.174 e. The van der Waals surface area contributed by atoms with E-state index in [1.54, 1.807) is 13.3 Å². The summed E-state index contributed by atoms with van der Waals surface area (Å²) < 4.78 is 13.1. The molecule has 0 saturated carbocycles. The highest BCUT2D eigenvalue weighted by atomic mass is 79.9. The van der Waals surface area contributed by atoms with Gasteiger partial charge in [-0.2, -0.15) is 0 Å². The molecule has 1 fully saturated rings. The number of hydrogen-bond donors (Lipinski definition) is 1. The summed E-state index contributed by atoms with van der Waals surface area (Å²) in [5, 5.41) is 4.05. The normalized spacial score (nSPS) is 17.8. The average molecular weight is 520 g/mol. The van der Waals surface area contributed by atoms with E-state index in [-0.39, 0.29) is 12.1 Å². The Balaban J connectivity index is 1.63. The van der Waals surface area contributed by atoms with Gasteiger partial charge in [0, 0.05) is 16.2 Å². The Labute approximate surface area is 206 Å². The Morgan fingerprint density at radius 2 is 1.88 bits per heavy atom. The predicted octanol–water partition coefficient (Wildman–Crippen LogP) is 6.60. The highest BCUT2D eigenvalue weighted by molar-refractivity contribution is 9.10. The number of nitrogens with zero attached hydrogens (tertiary/aromatic N) is 2. The van der Waals surface area contributed by atoms with E-state index in [1.165, 1.54) is 5.56 Å². The van der Waals surface area contributed by atoms with Gasteiger partial charge in [0.1, 0.15) is 23.3 Å². The third-order valence-corrected chi connectivity index (χ3v) is 6.72. The molecular weight excluding hydrogens is 498 g/mol. The van der Waals surface area contributed by atoms with Crippen molar-refractivity contribution in [2.45, 2.75) is 19.0 Å². The Morgan fingerprint density at radius 1 is 1.06 bits per heavy atom. The Bertz CT molecular complexity index is 1310. The van der Waals surface area contributed by atoms with E-state index < -0.39 is 0 Å². The Hall–Kier alpha value is -3.16. The minimum atomic E-state index is -0.248. The Kier molecular flexibility index (Phi) is 5.91. The molecule has 0 unspecified atom stereocenters. The molecule has 2 aromatic carbocycles. The monoisotopic (exact) mass is 519 g/mol. The number of anilines is 1. The molecule has 2 atom stereocenters. The minimum Gasteiger partial charge on any atom is -0.495 e. The van der Waals surface area contributed by atoms with E-state index in [1.807, 2.05) is 54.6 Å². The van der Waals surface area contributed by atoms with E-state index >= 15 is 0 Å². The molecule has 3 heterocycles. The quantitative estimate of drug-likeness (QED) is 0.300. The molecular formula is C26H22BrN3O2S. The van der Waals surface area contributed by atoms with Crippen molar-refractivity contribution in [2.24, 2.45) is 0 Å². The van der Waals surface area contributed by atoms with E-state index in [4.69, 9.17) is 21.4 Å². The first kappa shape index (κ1) is 21.7. The molecule has 1 N–H and O–H groups in total. The topological polar surface area (TPSA) is 50.5 Å². The number of rotatable bonds is 5. The van der Waals surface area contributed by atoms with Crippen molar-refractivity contribution in [2.75, 3.05) is 12.0 Å². The van der Waals surface area contributed by atoms with Gasteiger partial charge in [0.15, 0.2) is 5.11 Å². The molecule has 1 saturated heterocycles. The lowest BCUT2D eigenvalue weighted by molar-refractivity contribution is 0.409. The van der Waals surface area contributed by atoms with Gasteiger partial charge in [0.25, 0.3) is 0 Å². The fourth-order valence-electron chi connectivity index (χ4n) is 4.21. The van der Waals surface area contributed by atoms with Crippen LogP contribution in [0.5, 0.6) is 5.75 Å². The zero-order valence-corrected chi connectivity index (χ0v) is 20.6. The third-order valence-electron chi connectivity index (χ3n) is 5.75. The molecule has 7 heteroatoms. The number of para-hydroxylation sites is 2. The van der Waals surface area contributed by atoms with Crippen LogP contribution in [-0.4, -0.2) is 17.2 Å². The van der Waals surface area contributed by atoms with Gasteiger partial charge in [0.05, 0.1) is 24.5 Å². The van der Waals surface area contributed by atoms with Gasteiger partial charge < -0.3 is 19.4 Å². The summed E-state index contributed by atoms with van der Waals surface area (Å²) in [5.74, 6) is 2.31. The first-order valence-electron chi connectivity index (χ1n) is 10.6. The summed E-state index contributed by atoms with van der Waals surface area (Å²) in [6.07, 6.45) is 1.79. The maximum atomic E-state index is 6.46. The maximum absolute atomic E-state index is 6.46.